The van der Waals surface area contributed by atoms with E-state index in [-0.39, 0.29) is 17.8 Å². The molecule has 1 aromatic heterocycles. The van der Waals surface area contributed by atoms with Crippen molar-refractivity contribution in [2.75, 3.05) is 13.6 Å². The average molecular weight is 457 g/mol. The SMILES string of the molecule is CNCCC1C2=C(C=C(Cl)CC2)NC=C2N1C=NN2[C@H]1CC[C@H](c2ncccc2F)CC1. The summed E-state index contributed by atoms with van der Waals surface area (Å²) in [5, 5.41) is 14.7. The van der Waals surface area contributed by atoms with Crippen molar-refractivity contribution in [2.24, 2.45) is 5.10 Å². The molecule has 32 heavy (non-hydrogen) atoms. The molecule has 0 spiro atoms. The van der Waals surface area contributed by atoms with Gasteiger partial charge in [0, 0.05) is 29.0 Å². The number of hydrogen-bond donors (Lipinski definition) is 2. The molecular formula is C24H30ClFN6. The van der Waals surface area contributed by atoms with Crippen molar-refractivity contribution in [1.29, 1.82) is 0 Å². The highest BCUT2D eigenvalue weighted by Gasteiger charge is 2.38. The Morgan fingerprint density at radius 1 is 1.25 bits per heavy atom. The van der Waals surface area contributed by atoms with E-state index in [9.17, 15) is 4.39 Å². The zero-order chi connectivity index (χ0) is 22.1. The molecule has 2 aliphatic carbocycles. The van der Waals surface area contributed by atoms with Crippen LogP contribution in [0.3, 0.4) is 0 Å². The van der Waals surface area contributed by atoms with E-state index >= 15 is 0 Å². The lowest BCUT2D eigenvalue weighted by Crippen LogP contribution is -2.40. The third-order valence-electron chi connectivity index (χ3n) is 7.06. The van der Waals surface area contributed by atoms with Gasteiger partial charge in [-0.3, -0.25) is 4.98 Å². The Kier molecular flexibility index (Phi) is 6.20. The second-order valence-electron chi connectivity index (χ2n) is 8.94. The lowest BCUT2D eigenvalue weighted by Gasteiger charge is -2.36. The monoisotopic (exact) mass is 456 g/mol. The first-order valence-electron chi connectivity index (χ1n) is 11.6. The lowest BCUT2D eigenvalue weighted by atomic mass is 9.83. The van der Waals surface area contributed by atoms with Gasteiger partial charge in [-0.05, 0) is 82.3 Å². The van der Waals surface area contributed by atoms with Gasteiger partial charge in [-0.25, -0.2) is 9.40 Å². The number of nitrogens with one attached hydrogen (secondary N) is 2. The van der Waals surface area contributed by atoms with Crippen molar-refractivity contribution in [3.8, 4) is 0 Å². The molecule has 0 radical (unpaired) electrons. The Morgan fingerprint density at radius 2 is 2.09 bits per heavy atom. The molecule has 2 aliphatic heterocycles. The van der Waals surface area contributed by atoms with E-state index in [0.29, 0.717) is 11.7 Å². The largest absolute Gasteiger partial charge is 0.358 e. The summed E-state index contributed by atoms with van der Waals surface area (Å²) in [6.45, 7) is 0.928. The zero-order valence-electron chi connectivity index (χ0n) is 18.4. The second-order valence-corrected chi connectivity index (χ2v) is 9.43. The summed E-state index contributed by atoms with van der Waals surface area (Å²) in [7, 11) is 1.99. The van der Waals surface area contributed by atoms with E-state index in [0.717, 1.165) is 68.0 Å². The molecule has 170 valence electrons. The van der Waals surface area contributed by atoms with E-state index in [1.165, 1.54) is 11.6 Å². The fourth-order valence-corrected chi connectivity index (χ4v) is 5.60. The van der Waals surface area contributed by atoms with Crippen LogP contribution in [0.15, 0.2) is 57.8 Å². The molecule has 1 fully saturated rings. The summed E-state index contributed by atoms with van der Waals surface area (Å²) in [5.74, 6) is 1.08. The Hall–Kier alpha value is -2.38. The molecule has 1 atom stereocenters. The molecule has 3 heterocycles. The maximum Gasteiger partial charge on any atom is 0.147 e. The number of rotatable bonds is 5. The predicted molar refractivity (Wildman–Crippen MR) is 125 cm³/mol. The third-order valence-corrected chi connectivity index (χ3v) is 7.36. The minimum absolute atomic E-state index is 0.181. The van der Waals surface area contributed by atoms with Gasteiger partial charge >= 0.3 is 0 Å². The number of pyridine rings is 1. The van der Waals surface area contributed by atoms with Crippen LogP contribution in [-0.4, -0.2) is 46.9 Å². The highest BCUT2D eigenvalue weighted by Crippen LogP contribution is 2.40. The van der Waals surface area contributed by atoms with Gasteiger partial charge in [-0.1, -0.05) is 11.6 Å². The van der Waals surface area contributed by atoms with Crippen molar-refractivity contribution < 1.29 is 4.39 Å². The topological polar surface area (TPSA) is 55.8 Å². The first kappa shape index (κ1) is 21.5. The van der Waals surface area contributed by atoms with Gasteiger partial charge in [0.25, 0.3) is 0 Å². The summed E-state index contributed by atoms with van der Waals surface area (Å²) in [4.78, 5) is 6.62. The van der Waals surface area contributed by atoms with Crippen LogP contribution in [-0.2, 0) is 0 Å². The van der Waals surface area contributed by atoms with Gasteiger partial charge in [0.15, 0.2) is 0 Å². The van der Waals surface area contributed by atoms with Gasteiger partial charge in [0.1, 0.15) is 18.0 Å². The molecule has 0 bridgehead atoms. The number of fused-ring (bicyclic) bond motifs is 1. The number of hydrogen-bond acceptors (Lipinski definition) is 6. The van der Waals surface area contributed by atoms with Crippen molar-refractivity contribution in [3.05, 3.63) is 64.2 Å². The molecule has 0 amide bonds. The van der Waals surface area contributed by atoms with E-state index < -0.39 is 0 Å². The molecule has 4 aliphatic rings. The average Bonchev–Trinajstić information content (AvgIpc) is 3.16. The fourth-order valence-electron chi connectivity index (χ4n) is 5.40. The van der Waals surface area contributed by atoms with Crippen LogP contribution in [0.1, 0.15) is 56.6 Å². The summed E-state index contributed by atoms with van der Waals surface area (Å²) < 4.78 is 14.2. The Bertz CT molecular complexity index is 978. The lowest BCUT2D eigenvalue weighted by molar-refractivity contribution is 0.173. The molecule has 8 heteroatoms. The number of halogens is 2. The van der Waals surface area contributed by atoms with Gasteiger partial charge < -0.3 is 15.5 Å². The predicted octanol–water partition coefficient (Wildman–Crippen LogP) is 4.36. The van der Waals surface area contributed by atoms with E-state index in [1.54, 1.807) is 12.3 Å². The smallest absolute Gasteiger partial charge is 0.147 e. The first-order chi connectivity index (χ1) is 15.7. The molecular weight excluding hydrogens is 427 g/mol. The molecule has 2 N–H and O–H groups in total. The van der Waals surface area contributed by atoms with E-state index in [2.05, 4.69) is 37.8 Å². The highest BCUT2D eigenvalue weighted by atomic mass is 35.5. The van der Waals surface area contributed by atoms with Crippen molar-refractivity contribution in [2.45, 2.75) is 62.9 Å². The fraction of sp³-hybridized carbons (Fsp3) is 0.500. The number of allylic oxidation sites excluding steroid dienone is 2. The first-order valence-corrected chi connectivity index (χ1v) is 12.0. The normalized spacial score (nSPS) is 27.4. The standard InChI is InChI=1S/C24H30ClFN6/c1-27-12-10-22-19-9-6-17(25)13-21(19)29-14-23-31(22)15-30-32(23)18-7-4-16(5-8-18)24-20(26)3-2-11-28-24/h2-3,11,13-16,18,22,27,29H,4-10,12H2,1H3/t16-,18-,22?. The third kappa shape index (κ3) is 4.04. The summed E-state index contributed by atoms with van der Waals surface area (Å²) >= 11 is 6.36. The van der Waals surface area contributed by atoms with Crippen LogP contribution in [0.5, 0.6) is 0 Å². The molecule has 0 saturated heterocycles. The molecule has 1 saturated carbocycles. The molecule has 5 rings (SSSR count). The Morgan fingerprint density at radius 3 is 2.88 bits per heavy atom. The van der Waals surface area contributed by atoms with Gasteiger partial charge in [-0.2, -0.15) is 5.10 Å². The van der Waals surface area contributed by atoms with Crippen molar-refractivity contribution in [3.63, 3.8) is 0 Å². The Labute approximate surface area is 193 Å². The summed E-state index contributed by atoms with van der Waals surface area (Å²) in [6, 6.07) is 3.71. The molecule has 6 nitrogen and oxygen atoms in total. The van der Waals surface area contributed by atoms with Crippen LogP contribution >= 0.6 is 11.6 Å². The molecule has 1 unspecified atom stereocenters. The van der Waals surface area contributed by atoms with Crippen LogP contribution in [0.2, 0.25) is 0 Å². The molecule has 1 aromatic rings. The summed E-state index contributed by atoms with van der Waals surface area (Å²) in [5.41, 5.74) is 3.12. The Balaban J connectivity index is 1.33. The van der Waals surface area contributed by atoms with Crippen molar-refractivity contribution in [1.82, 2.24) is 25.5 Å². The second kappa shape index (κ2) is 9.24. The minimum Gasteiger partial charge on any atom is -0.358 e. The summed E-state index contributed by atoms with van der Waals surface area (Å²) in [6.07, 6.45) is 14.4. The van der Waals surface area contributed by atoms with Crippen LogP contribution < -0.4 is 10.6 Å². The highest BCUT2D eigenvalue weighted by molar-refractivity contribution is 6.29. The van der Waals surface area contributed by atoms with E-state index in [4.69, 9.17) is 16.7 Å². The molecule has 0 aromatic carbocycles. The minimum atomic E-state index is -0.187. The van der Waals surface area contributed by atoms with Crippen LogP contribution in [0, 0.1) is 5.82 Å². The maximum atomic E-state index is 14.2. The van der Waals surface area contributed by atoms with Gasteiger partial charge in [0.05, 0.1) is 17.8 Å². The number of aromatic nitrogens is 1. The van der Waals surface area contributed by atoms with Gasteiger partial charge in [0.2, 0.25) is 0 Å². The zero-order valence-corrected chi connectivity index (χ0v) is 19.2. The van der Waals surface area contributed by atoms with E-state index in [1.807, 2.05) is 13.4 Å². The maximum absolute atomic E-state index is 14.2. The van der Waals surface area contributed by atoms with Crippen molar-refractivity contribution >= 4 is 17.9 Å². The van der Waals surface area contributed by atoms with Gasteiger partial charge in [-0.15, -0.1) is 0 Å². The number of nitrogens with zero attached hydrogens (tertiary/aromatic N) is 4. The van der Waals surface area contributed by atoms with Crippen LogP contribution in [0.25, 0.3) is 0 Å². The number of hydrazone groups is 1. The van der Waals surface area contributed by atoms with Crippen LogP contribution in [0.4, 0.5) is 4.39 Å². The quantitative estimate of drug-likeness (QED) is 0.689.